The van der Waals surface area contributed by atoms with E-state index >= 15 is 0 Å². The summed E-state index contributed by atoms with van der Waals surface area (Å²) in [5.41, 5.74) is 8.12. The van der Waals surface area contributed by atoms with Gasteiger partial charge < -0.3 is 5.73 Å². The third kappa shape index (κ3) is 1.99. The van der Waals surface area contributed by atoms with E-state index in [0.717, 1.165) is 30.0 Å². The summed E-state index contributed by atoms with van der Waals surface area (Å²) in [6.07, 6.45) is 7.74. The second-order valence-electron chi connectivity index (χ2n) is 5.23. The number of fused-ring (bicyclic) bond motifs is 1. The fourth-order valence-corrected chi connectivity index (χ4v) is 2.82. The molecule has 3 rings (SSSR count). The van der Waals surface area contributed by atoms with E-state index in [1.807, 2.05) is 23.7 Å². The van der Waals surface area contributed by atoms with Gasteiger partial charge >= 0.3 is 0 Å². The van der Waals surface area contributed by atoms with E-state index in [0.29, 0.717) is 5.92 Å². The van der Waals surface area contributed by atoms with Crippen LogP contribution < -0.4 is 5.73 Å². The largest absolute Gasteiger partial charge is 0.327 e. The quantitative estimate of drug-likeness (QED) is 0.778. The fraction of sp³-hybridized carbons (Fsp3) is 0.615. The Bertz CT molecular complexity index is 547. The van der Waals surface area contributed by atoms with E-state index in [9.17, 15) is 0 Å². The lowest BCUT2D eigenvalue weighted by atomic mass is 9.95. The molecule has 5 heteroatoms. The minimum Gasteiger partial charge on any atom is -0.327 e. The molecule has 2 N–H and O–H groups in total. The van der Waals surface area contributed by atoms with Gasteiger partial charge in [0.2, 0.25) is 0 Å². The molecule has 2 aromatic heterocycles. The van der Waals surface area contributed by atoms with Gasteiger partial charge in [0, 0.05) is 23.7 Å². The van der Waals surface area contributed by atoms with E-state index in [1.165, 1.54) is 19.3 Å². The van der Waals surface area contributed by atoms with E-state index in [2.05, 4.69) is 15.2 Å². The van der Waals surface area contributed by atoms with Crippen molar-refractivity contribution in [1.29, 1.82) is 0 Å². The van der Waals surface area contributed by atoms with Crippen LogP contribution in [0.5, 0.6) is 0 Å². The van der Waals surface area contributed by atoms with Crippen molar-refractivity contribution in [2.45, 2.75) is 51.0 Å². The van der Waals surface area contributed by atoms with Crippen molar-refractivity contribution >= 4 is 5.65 Å². The maximum absolute atomic E-state index is 6.29. The molecule has 0 spiro atoms. The molecule has 1 saturated carbocycles. The van der Waals surface area contributed by atoms with Crippen LogP contribution in [0.25, 0.3) is 5.65 Å². The molecule has 0 radical (unpaired) electrons. The molecule has 1 aliphatic carbocycles. The molecule has 18 heavy (non-hydrogen) atoms. The highest BCUT2D eigenvalue weighted by atomic mass is 15.3. The lowest BCUT2D eigenvalue weighted by molar-refractivity contribution is 0.480. The molecule has 2 heterocycles. The zero-order valence-corrected chi connectivity index (χ0v) is 10.7. The van der Waals surface area contributed by atoms with Gasteiger partial charge in [0.05, 0.1) is 0 Å². The molecule has 2 aromatic rings. The molecular formula is C13H19N5. The number of rotatable bonds is 1. The molecule has 2 atom stereocenters. The van der Waals surface area contributed by atoms with Gasteiger partial charge in [0.1, 0.15) is 12.2 Å². The van der Waals surface area contributed by atoms with Gasteiger partial charge in [-0.05, 0) is 19.8 Å². The average molecular weight is 245 g/mol. The van der Waals surface area contributed by atoms with Crippen LogP contribution in [-0.4, -0.2) is 25.6 Å². The summed E-state index contributed by atoms with van der Waals surface area (Å²) in [5.74, 6) is 1.29. The van der Waals surface area contributed by atoms with Crippen molar-refractivity contribution in [3.8, 4) is 0 Å². The van der Waals surface area contributed by atoms with Crippen molar-refractivity contribution in [3.05, 3.63) is 23.9 Å². The lowest BCUT2D eigenvalue weighted by Gasteiger charge is -2.19. The molecule has 1 aliphatic rings. The molecular weight excluding hydrogens is 226 g/mol. The zero-order chi connectivity index (χ0) is 12.5. The first-order chi connectivity index (χ1) is 8.75. The van der Waals surface area contributed by atoms with Gasteiger partial charge in [-0.2, -0.15) is 0 Å². The number of nitrogens with zero attached hydrogens (tertiary/aromatic N) is 4. The number of nitrogens with two attached hydrogens (primary N) is 1. The smallest absolute Gasteiger partial charge is 0.163 e. The zero-order valence-electron chi connectivity index (χ0n) is 10.7. The predicted octanol–water partition coefficient (Wildman–Crippen LogP) is 1.81. The predicted molar refractivity (Wildman–Crippen MR) is 69.3 cm³/mol. The highest BCUT2D eigenvalue weighted by Gasteiger charge is 2.26. The van der Waals surface area contributed by atoms with Gasteiger partial charge in [-0.3, -0.25) is 4.40 Å². The van der Waals surface area contributed by atoms with Crippen LogP contribution in [0.2, 0.25) is 0 Å². The maximum atomic E-state index is 6.29. The summed E-state index contributed by atoms with van der Waals surface area (Å²) < 4.78 is 1.99. The van der Waals surface area contributed by atoms with Crippen LogP contribution in [0, 0.1) is 6.92 Å². The summed E-state index contributed by atoms with van der Waals surface area (Å²) in [5, 5.41) is 8.58. The highest BCUT2D eigenvalue weighted by molar-refractivity contribution is 5.38. The topological polar surface area (TPSA) is 69.1 Å². The Balaban J connectivity index is 2.02. The summed E-state index contributed by atoms with van der Waals surface area (Å²) in [4.78, 5) is 4.33. The summed E-state index contributed by atoms with van der Waals surface area (Å²) in [6, 6.07) is 2.15. The van der Waals surface area contributed by atoms with Crippen molar-refractivity contribution in [2.24, 2.45) is 5.73 Å². The molecule has 5 nitrogen and oxygen atoms in total. The van der Waals surface area contributed by atoms with Gasteiger partial charge in [0.25, 0.3) is 0 Å². The number of aryl methyl sites for hydroxylation is 1. The Morgan fingerprint density at radius 1 is 1.22 bits per heavy atom. The molecule has 0 aliphatic heterocycles. The van der Waals surface area contributed by atoms with Crippen molar-refractivity contribution in [1.82, 2.24) is 19.6 Å². The number of hydrogen-bond donors (Lipinski definition) is 1. The van der Waals surface area contributed by atoms with Gasteiger partial charge in [-0.15, -0.1) is 10.2 Å². The molecule has 96 valence electrons. The minimum atomic E-state index is 0.196. The van der Waals surface area contributed by atoms with Gasteiger partial charge in [-0.1, -0.05) is 19.3 Å². The second-order valence-corrected chi connectivity index (χ2v) is 5.23. The normalized spacial score (nSPS) is 25.2. The van der Waals surface area contributed by atoms with Crippen LogP contribution in [0.1, 0.15) is 49.5 Å². The van der Waals surface area contributed by atoms with Crippen LogP contribution in [0.15, 0.2) is 12.4 Å². The molecule has 0 aromatic carbocycles. The van der Waals surface area contributed by atoms with Gasteiger partial charge in [0.15, 0.2) is 5.65 Å². The number of hydrogen-bond acceptors (Lipinski definition) is 4. The first-order valence-corrected chi connectivity index (χ1v) is 6.68. The Kier molecular flexibility index (Phi) is 2.99. The molecule has 1 fully saturated rings. The SMILES string of the molecule is Cc1cc2nnc(C3CCCCCC3N)n2cn1. The van der Waals surface area contributed by atoms with Gasteiger partial charge in [-0.25, -0.2) is 4.98 Å². The van der Waals surface area contributed by atoms with Crippen LogP contribution in [0.3, 0.4) is 0 Å². The Hall–Kier alpha value is -1.49. The molecule has 2 unspecified atom stereocenters. The standard InChI is InChI=1S/C13H19N5/c1-9-7-12-16-17-13(18(12)8-15-9)10-5-3-2-4-6-11(10)14/h7-8,10-11H,2-6,14H2,1H3. The Morgan fingerprint density at radius 2 is 2.06 bits per heavy atom. The molecule has 0 amide bonds. The molecule has 0 saturated heterocycles. The Labute approximate surface area is 106 Å². The maximum Gasteiger partial charge on any atom is 0.163 e. The van der Waals surface area contributed by atoms with Crippen molar-refractivity contribution < 1.29 is 0 Å². The fourth-order valence-electron chi connectivity index (χ4n) is 2.82. The minimum absolute atomic E-state index is 0.196. The summed E-state index contributed by atoms with van der Waals surface area (Å²) in [6.45, 7) is 1.96. The lowest BCUT2D eigenvalue weighted by Crippen LogP contribution is -2.28. The van der Waals surface area contributed by atoms with E-state index in [1.54, 1.807) is 0 Å². The van der Waals surface area contributed by atoms with E-state index < -0.39 is 0 Å². The summed E-state index contributed by atoms with van der Waals surface area (Å²) in [7, 11) is 0. The van der Waals surface area contributed by atoms with Crippen LogP contribution in [0.4, 0.5) is 0 Å². The summed E-state index contributed by atoms with van der Waals surface area (Å²) >= 11 is 0. The first-order valence-electron chi connectivity index (χ1n) is 6.68. The average Bonchev–Trinajstić information content (AvgIpc) is 2.64. The number of aromatic nitrogens is 4. The monoisotopic (exact) mass is 245 g/mol. The van der Waals surface area contributed by atoms with Crippen molar-refractivity contribution in [2.75, 3.05) is 0 Å². The Morgan fingerprint density at radius 3 is 2.94 bits per heavy atom. The van der Waals surface area contributed by atoms with Crippen LogP contribution >= 0.6 is 0 Å². The third-order valence-corrected chi connectivity index (χ3v) is 3.86. The van der Waals surface area contributed by atoms with Crippen molar-refractivity contribution in [3.63, 3.8) is 0 Å². The second kappa shape index (κ2) is 4.65. The molecule has 0 bridgehead atoms. The van der Waals surface area contributed by atoms with E-state index in [4.69, 9.17) is 5.73 Å². The third-order valence-electron chi connectivity index (χ3n) is 3.86. The van der Waals surface area contributed by atoms with E-state index in [-0.39, 0.29) is 6.04 Å². The first kappa shape index (κ1) is 11.6. The highest BCUT2D eigenvalue weighted by Crippen LogP contribution is 2.29. The van der Waals surface area contributed by atoms with Crippen LogP contribution in [-0.2, 0) is 0 Å².